The molecule has 1 aliphatic heterocycles. The van der Waals surface area contributed by atoms with Gasteiger partial charge in [-0.15, -0.1) is 0 Å². The molecule has 3 rings (SSSR count). The van der Waals surface area contributed by atoms with Gasteiger partial charge in [-0.1, -0.05) is 30.3 Å². The maximum absolute atomic E-state index is 15.0. The van der Waals surface area contributed by atoms with Gasteiger partial charge in [0.2, 0.25) is 0 Å². The number of carbonyl (C=O) groups is 2. The third kappa shape index (κ3) is 3.94. The fourth-order valence-corrected chi connectivity index (χ4v) is 4.09. The number of hydrogen-bond acceptors (Lipinski definition) is 3. The van der Waals surface area contributed by atoms with E-state index in [2.05, 4.69) is 5.32 Å². The molecule has 2 fully saturated rings. The summed E-state index contributed by atoms with van der Waals surface area (Å²) in [4.78, 5) is 26.5. The molecule has 2 aliphatic rings. The molecule has 3 unspecified atom stereocenters. The molecule has 1 saturated heterocycles. The van der Waals surface area contributed by atoms with Gasteiger partial charge in [0.25, 0.3) is 5.91 Å². The highest BCUT2D eigenvalue weighted by Crippen LogP contribution is 2.45. The number of halogens is 1. The molecular weight excluding hydrogens is 347 g/mol. The van der Waals surface area contributed by atoms with Crippen molar-refractivity contribution in [3.8, 4) is 0 Å². The monoisotopic (exact) mass is 376 g/mol. The summed E-state index contributed by atoms with van der Waals surface area (Å²) in [5.74, 6) is -1.05. The number of likely N-dealkylation sites (tertiary alicyclic amines) is 1. The van der Waals surface area contributed by atoms with Crippen molar-refractivity contribution in [2.24, 2.45) is 5.92 Å². The van der Waals surface area contributed by atoms with E-state index >= 15 is 4.39 Å². The van der Waals surface area contributed by atoms with Crippen LogP contribution < -0.4 is 5.32 Å². The fraction of sp³-hybridized carbons (Fsp3) is 0.619. The molecule has 0 spiro atoms. The van der Waals surface area contributed by atoms with Gasteiger partial charge in [0.1, 0.15) is 5.60 Å². The van der Waals surface area contributed by atoms with Crippen LogP contribution in [0, 0.1) is 5.92 Å². The Kier molecular flexibility index (Phi) is 5.19. The number of alkyl halides is 1. The third-order valence-electron chi connectivity index (χ3n) is 5.72. The summed E-state index contributed by atoms with van der Waals surface area (Å²) in [6.07, 6.45) is 0.0837. The molecule has 0 radical (unpaired) electrons. The minimum Gasteiger partial charge on any atom is -0.444 e. The fourth-order valence-electron chi connectivity index (χ4n) is 4.09. The zero-order valence-electron chi connectivity index (χ0n) is 16.5. The van der Waals surface area contributed by atoms with Crippen LogP contribution in [0.3, 0.4) is 0 Å². The lowest BCUT2D eigenvalue weighted by Crippen LogP contribution is -2.61. The Balaban J connectivity index is 1.75. The lowest BCUT2D eigenvalue weighted by atomic mass is 9.67. The number of rotatable bonds is 4. The van der Waals surface area contributed by atoms with Crippen LogP contribution in [0.1, 0.15) is 58.6 Å². The highest BCUT2D eigenvalue weighted by atomic mass is 19.1. The molecule has 3 atom stereocenters. The Hall–Kier alpha value is -2.11. The molecule has 5 nitrogen and oxygen atoms in total. The number of hydrogen-bond donors (Lipinski definition) is 1. The molecule has 148 valence electrons. The van der Waals surface area contributed by atoms with E-state index in [0.29, 0.717) is 19.4 Å². The number of amides is 2. The second-order valence-electron chi connectivity index (χ2n) is 8.72. The lowest BCUT2D eigenvalue weighted by Gasteiger charge is -2.47. The van der Waals surface area contributed by atoms with Crippen molar-refractivity contribution < 1.29 is 18.7 Å². The zero-order chi connectivity index (χ0) is 19.8. The first kappa shape index (κ1) is 19.6. The molecular formula is C21H29FN2O3. The SMILES string of the molecule is CC(c1ccccc1)N1CC(C2(NC(=O)OC(C)(C)C)CCC2)C(F)C1=O. The van der Waals surface area contributed by atoms with Crippen molar-refractivity contribution in [2.45, 2.75) is 70.3 Å². The second kappa shape index (κ2) is 7.13. The first-order chi connectivity index (χ1) is 12.6. The van der Waals surface area contributed by atoms with Crippen LogP contribution in [-0.2, 0) is 9.53 Å². The summed E-state index contributed by atoms with van der Waals surface area (Å²) in [5.41, 5.74) is -0.354. The van der Waals surface area contributed by atoms with Gasteiger partial charge in [-0.25, -0.2) is 9.18 Å². The topological polar surface area (TPSA) is 58.6 Å². The van der Waals surface area contributed by atoms with Crippen molar-refractivity contribution in [3.63, 3.8) is 0 Å². The first-order valence-electron chi connectivity index (χ1n) is 9.64. The van der Waals surface area contributed by atoms with Gasteiger partial charge in [0.15, 0.2) is 6.17 Å². The number of ether oxygens (including phenoxy) is 1. The lowest BCUT2D eigenvalue weighted by molar-refractivity contribution is -0.134. The van der Waals surface area contributed by atoms with Crippen LogP contribution in [0.5, 0.6) is 0 Å². The summed E-state index contributed by atoms with van der Waals surface area (Å²) in [5, 5.41) is 2.90. The minimum absolute atomic E-state index is 0.208. The number of nitrogens with zero attached hydrogens (tertiary/aromatic N) is 1. The van der Waals surface area contributed by atoms with Gasteiger partial charge < -0.3 is 15.0 Å². The van der Waals surface area contributed by atoms with Crippen molar-refractivity contribution in [3.05, 3.63) is 35.9 Å². The maximum Gasteiger partial charge on any atom is 0.408 e. The largest absolute Gasteiger partial charge is 0.444 e. The van der Waals surface area contributed by atoms with Crippen LogP contribution in [-0.4, -0.2) is 40.8 Å². The molecule has 27 heavy (non-hydrogen) atoms. The average Bonchev–Trinajstić information content (AvgIpc) is 2.86. The molecule has 1 aromatic carbocycles. The van der Waals surface area contributed by atoms with E-state index in [1.165, 1.54) is 0 Å². The Morgan fingerprint density at radius 2 is 1.93 bits per heavy atom. The number of nitrogens with one attached hydrogen (secondary N) is 1. The quantitative estimate of drug-likeness (QED) is 0.864. The normalized spacial score (nSPS) is 25.7. The van der Waals surface area contributed by atoms with Crippen LogP contribution in [0.4, 0.5) is 9.18 Å². The van der Waals surface area contributed by atoms with E-state index in [9.17, 15) is 9.59 Å². The number of benzene rings is 1. The molecule has 2 amide bonds. The van der Waals surface area contributed by atoms with E-state index in [1.807, 2.05) is 37.3 Å². The summed E-state index contributed by atoms with van der Waals surface area (Å²) in [6, 6.07) is 9.41. The van der Waals surface area contributed by atoms with E-state index in [0.717, 1.165) is 12.0 Å². The minimum atomic E-state index is -1.61. The maximum atomic E-state index is 15.0. The van der Waals surface area contributed by atoms with Gasteiger partial charge in [-0.2, -0.15) is 0 Å². The average molecular weight is 376 g/mol. The van der Waals surface area contributed by atoms with Gasteiger partial charge in [-0.3, -0.25) is 4.79 Å². The molecule has 1 aromatic rings. The van der Waals surface area contributed by atoms with Crippen LogP contribution in [0.15, 0.2) is 30.3 Å². The first-order valence-corrected chi connectivity index (χ1v) is 9.64. The smallest absolute Gasteiger partial charge is 0.408 e. The van der Waals surface area contributed by atoms with Crippen molar-refractivity contribution in [1.82, 2.24) is 10.2 Å². The van der Waals surface area contributed by atoms with Crippen LogP contribution in [0.25, 0.3) is 0 Å². The van der Waals surface area contributed by atoms with Gasteiger partial charge in [-0.05, 0) is 52.5 Å². The Morgan fingerprint density at radius 1 is 1.30 bits per heavy atom. The van der Waals surface area contributed by atoms with Crippen molar-refractivity contribution >= 4 is 12.0 Å². The second-order valence-corrected chi connectivity index (χ2v) is 8.72. The Bertz CT molecular complexity index is 697. The Labute approximate surface area is 160 Å². The Morgan fingerprint density at radius 3 is 2.44 bits per heavy atom. The third-order valence-corrected chi connectivity index (χ3v) is 5.72. The molecule has 1 heterocycles. The van der Waals surface area contributed by atoms with E-state index in [1.54, 1.807) is 25.7 Å². The summed E-state index contributed by atoms with van der Waals surface area (Å²) < 4.78 is 20.4. The summed E-state index contributed by atoms with van der Waals surface area (Å²) in [7, 11) is 0. The van der Waals surface area contributed by atoms with Gasteiger partial charge in [0.05, 0.1) is 11.6 Å². The highest BCUT2D eigenvalue weighted by molar-refractivity contribution is 5.84. The zero-order valence-corrected chi connectivity index (χ0v) is 16.5. The predicted molar refractivity (Wildman–Crippen MR) is 101 cm³/mol. The number of carbonyl (C=O) groups excluding carboxylic acids is 2. The van der Waals surface area contributed by atoms with Crippen LogP contribution >= 0.6 is 0 Å². The molecule has 1 aliphatic carbocycles. The highest BCUT2D eigenvalue weighted by Gasteiger charge is 2.56. The van der Waals surface area contributed by atoms with E-state index in [-0.39, 0.29) is 6.04 Å². The van der Waals surface area contributed by atoms with Gasteiger partial charge in [0, 0.05) is 12.5 Å². The van der Waals surface area contributed by atoms with Crippen molar-refractivity contribution in [2.75, 3.05) is 6.54 Å². The molecule has 0 aromatic heterocycles. The summed E-state index contributed by atoms with van der Waals surface area (Å²) >= 11 is 0. The van der Waals surface area contributed by atoms with E-state index < -0.39 is 35.2 Å². The van der Waals surface area contributed by atoms with Gasteiger partial charge >= 0.3 is 6.09 Å². The molecule has 1 saturated carbocycles. The predicted octanol–water partition coefficient (Wildman–Crippen LogP) is 3.99. The number of alkyl carbamates (subject to hydrolysis) is 1. The summed E-state index contributed by atoms with van der Waals surface area (Å²) in [6.45, 7) is 7.59. The van der Waals surface area contributed by atoms with E-state index in [4.69, 9.17) is 4.74 Å². The molecule has 1 N–H and O–H groups in total. The van der Waals surface area contributed by atoms with Crippen LogP contribution in [0.2, 0.25) is 0 Å². The molecule has 6 heteroatoms. The van der Waals surface area contributed by atoms with Crippen molar-refractivity contribution in [1.29, 1.82) is 0 Å². The molecule has 0 bridgehead atoms. The standard InChI is InChI=1S/C21H29FN2O3/c1-14(15-9-6-5-7-10-15)24-13-16(17(22)18(24)25)21(11-8-12-21)23-19(26)27-20(2,3)4/h5-7,9-10,14,16-17H,8,11-13H2,1-4H3,(H,23,26).